The Morgan fingerprint density at radius 2 is 1.70 bits per heavy atom. The Balaban J connectivity index is 2.30. The van der Waals surface area contributed by atoms with E-state index in [1.165, 1.54) is 12.1 Å². The standard InChI is InChI=1S/C13H9F3N2O2/c14-8-4-9(15)6-10(5-8)20-12-2-1-7(3-11(12)16)13(17)18-19/h1-6,19H,(H2,17,18). The summed E-state index contributed by atoms with van der Waals surface area (Å²) >= 11 is 0. The van der Waals surface area contributed by atoms with Crippen molar-refractivity contribution in [1.82, 2.24) is 0 Å². The van der Waals surface area contributed by atoms with E-state index in [0.717, 1.165) is 18.2 Å². The molecule has 2 rings (SSSR count). The van der Waals surface area contributed by atoms with Crippen LogP contribution >= 0.6 is 0 Å². The highest BCUT2D eigenvalue weighted by molar-refractivity contribution is 5.97. The van der Waals surface area contributed by atoms with Crippen LogP contribution in [0.5, 0.6) is 11.5 Å². The van der Waals surface area contributed by atoms with Gasteiger partial charge in [-0.3, -0.25) is 0 Å². The van der Waals surface area contributed by atoms with E-state index in [2.05, 4.69) is 5.16 Å². The van der Waals surface area contributed by atoms with Crippen molar-refractivity contribution in [3.05, 3.63) is 59.4 Å². The molecule has 3 N–H and O–H groups in total. The van der Waals surface area contributed by atoms with Crippen LogP contribution in [0.1, 0.15) is 5.56 Å². The van der Waals surface area contributed by atoms with Crippen LogP contribution in [0.4, 0.5) is 13.2 Å². The Morgan fingerprint density at radius 1 is 1.05 bits per heavy atom. The highest BCUT2D eigenvalue weighted by Gasteiger charge is 2.10. The molecule has 0 radical (unpaired) electrons. The molecule has 104 valence electrons. The van der Waals surface area contributed by atoms with Crippen LogP contribution in [0, 0.1) is 17.5 Å². The van der Waals surface area contributed by atoms with Crippen molar-refractivity contribution in [2.45, 2.75) is 0 Å². The number of hydrogen-bond acceptors (Lipinski definition) is 3. The van der Waals surface area contributed by atoms with Crippen molar-refractivity contribution in [2.75, 3.05) is 0 Å². The van der Waals surface area contributed by atoms with Crippen LogP contribution in [0.25, 0.3) is 0 Å². The molecule has 0 aromatic heterocycles. The second-order valence-electron chi connectivity index (χ2n) is 3.84. The van der Waals surface area contributed by atoms with Gasteiger partial charge >= 0.3 is 0 Å². The average molecular weight is 282 g/mol. The number of nitrogens with two attached hydrogens (primary N) is 1. The lowest BCUT2D eigenvalue weighted by atomic mass is 10.2. The van der Waals surface area contributed by atoms with Gasteiger partial charge < -0.3 is 15.7 Å². The number of rotatable bonds is 3. The average Bonchev–Trinajstić information content (AvgIpc) is 2.39. The maximum absolute atomic E-state index is 13.7. The van der Waals surface area contributed by atoms with Crippen molar-refractivity contribution in [2.24, 2.45) is 10.9 Å². The predicted octanol–water partition coefficient (Wildman–Crippen LogP) is 2.99. The largest absolute Gasteiger partial charge is 0.454 e. The number of hydrogen-bond donors (Lipinski definition) is 2. The van der Waals surface area contributed by atoms with Crippen LogP contribution < -0.4 is 10.5 Å². The Hall–Kier alpha value is -2.70. The molecule has 0 atom stereocenters. The molecule has 0 saturated heterocycles. The molecule has 0 heterocycles. The summed E-state index contributed by atoms with van der Waals surface area (Å²) in [5.74, 6) is -3.20. The molecule has 4 nitrogen and oxygen atoms in total. The van der Waals surface area contributed by atoms with Gasteiger partial charge in [-0.2, -0.15) is 0 Å². The zero-order valence-electron chi connectivity index (χ0n) is 9.98. The van der Waals surface area contributed by atoms with E-state index >= 15 is 0 Å². The summed E-state index contributed by atoms with van der Waals surface area (Å²) in [7, 11) is 0. The lowest BCUT2D eigenvalue weighted by molar-refractivity contribution is 0.318. The number of benzene rings is 2. The Labute approximate surface area is 111 Å². The highest BCUT2D eigenvalue weighted by Crippen LogP contribution is 2.26. The minimum Gasteiger partial charge on any atom is -0.454 e. The molecule has 2 aromatic carbocycles. The minimum atomic E-state index is -0.839. The maximum Gasteiger partial charge on any atom is 0.170 e. The van der Waals surface area contributed by atoms with Crippen molar-refractivity contribution in [3.8, 4) is 11.5 Å². The smallest absolute Gasteiger partial charge is 0.170 e. The van der Waals surface area contributed by atoms with Crippen LogP contribution in [-0.2, 0) is 0 Å². The molecule has 0 aliphatic carbocycles. The van der Waals surface area contributed by atoms with Gasteiger partial charge in [-0.1, -0.05) is 5.16 Å². The van der Waals surface area contributed by atoms with E-state index in [4.69, 9.17) is 15.7 Å². The zero-order valence-corrected chi connectivity index (χ0v) is 9.98. The topological polar surface area (TPSA) is 67.8 Å². The molecule has 0 fully saturated rings. The first kappa shape index (κ1) is 13.7. The molecule has 0 aliphatic heterocycles. The SMILES string of the molecule is NC(=NO)c1ccc(Oc2cc(F)cc(F)c2)c(F)c1. The summed E-state index contributed by atoms with van der Waals surface area (Å²) in [5, 5.41) is 11.2. The number of amidine groups is 1. The number of oxime groups is 1. The summed E-state index contributed by atoms with van der Waals surface area (Å²) in [6, 6.07) is 6.01. The second-order valence-corrected chi connectivity index (χ2v) is 3.84. The van der Waals surface area contributed by atoms with E-state index in [1.807, 2.05) is 0 Å². The Morgan fingerprint density at radius 3 is 2.25 bits per heavy atom. The maximum atomic E-state index is 13.7. The molecular weight excluding hydrogens is 273 g/mol. The minimum absolute atomic E-state index is 0.141. The summed E-state index contributed by atoms with van der Waals surface area (Å²) in [6.07, 6.45) is 0. The first-order valence-corrected chi connectivity index (χ1v) is 5.41. The van der Waals surface area contributed by atoms with Gasteiger partial charge in [0.2, 0.25) is 0 Å². The van der Waals surface area contributed by atoms with E-state index in [9.17, 15) is 13.2 Å². The van der Waals surface area contributed by atoms with Crippen LogP contribution in [0.15, 0.2) is 41.6 Å². The predicted molar refractivity (Wildman–Crippen MR) is 65.3 cm³/mol. The normalized spacial score (nSPS) is 11.4. The summed E-state index contributed by atoms with van der Waals surface area (Å²) in [6.45, 7) is 0. The number of ether oxygens (including phenoxy) is 1. The number of nitrogens with zero attached hydrogens (tertiary/aromatic N) is 1. The van der Waals surface area contributed by atoms with Gasteiger partial charge in [0.15, 0.2) is 17.4 Å². The monoisotopic (exact) mass is 282 g/mol. The molecule has 7 heteroatoms. The van der Waals surface area contributed by atoms with Gasteiger partial charge in [0.25, 0.3) is 0 Å². The van der Waals surface area contributed by atoms with Gasteiger partial charge in [0, 0.05) is 23.8 Å². The van der Waals surface area contributed by atoms with Crippen LogP contribution in [0.2, 0.25) is 0 Å². The molecule has 0 bridgehead atoms. The van der Waals surface area contributed by atoms with Crippen molar-refractivity contribution < 1.29 is 23.1 Å². The van der Waals surface area contributed by atoms with E-state index in [1.54, 1.807) is 0 Å². The van der Waals surface area contributed by atoms with Crippen LogP contribution in [-0.4, -0.2) is 11.0 Å². The van der Waals surface area contributed by atoms with E-state index in [-0.39, 0.29) is 22.9 Å². The van der Waals surface area contributed by atoms with Gasteiger partial charge in [0.1, 0.15) is 17.4 Å². The molecule has 20 heavy (non-hydrogen) atoms. The van der Waals surface area contributed by atoms with Gasteiger partial charge in [-0.05, 0) is 18.2 Å². The highest BCUT2D eigenvalue weighted by atomic mass is 19.1. The van der Waals surface area contributed by atoms with Crippen molar-refractivity contribution >= 4 is 5.84 Å². The van der Waals surface area contributed by atoms with Gasteiger partial charge in [-0.15, -0.1) is 0 Å². The van der Waals surface area contributed by atoms with Crippen LogP contribution in [0.3, 0.4) is 0 Å². The summed E-state index contributed by atoms with van der Waals surface area (Å²) in [5.41, 5.74) is 5.44. The lowest BCUT2D eigenvalue weighted by Crippen LogP contribution is -2.13. The summed E-state index contributed by atoms with van der Waals surface area (Å²) in [4.78, 5) is 0. The molecule has 2 aromatic rings. The Bertz CT molecular complexity index is 654. The lowest BCUT2D eigenvalue weighted by Gasteiger charge is -2.08. The zero-order chi connectivity index (χ0) is 14.7. The van der Waals surface area contributed by atoms with Gasteiger partial charge in [-0.25, -0.2) is 13.2 Å². The third-order valence-electron chi connectivity index (χ3n) is 2.40. The third-order valence-corrected chi connectivity index (χ3v) is 2.40. The molecule has 0 aliphatic rings. The summed E-state index contributed by atoms with van der Waals surface area (Å²) < 4.78 is 44.7. The number of halogens is 3. The molecular formula is C13H9F3N2O2. The molecule has 0 saturated carbocycles. The molecule has 0 spiro atoms. The fraction of sp³-hybridized carbons (Fsp3) is 0. The van der Waals surface area contributed by atoms with E-state index in [0.29, 0.717) is 6.07 Å². The first-order valence-electron chi connectivity index (χ1n) is 5.41. The Kier molecular flexibility index (Phi) is 3.79. The first-order chi connectivity index (χ1) is 9.49. The third kappa shape index (κ3) is 3.00. The fourth-order valence-corrected chi connectivity index (χ4v) is 1.52. The van der Waals surface area contributed by atoms with Gasteiger partial charge in [0.05, 0.1) is 0 Å². The molecule has 0 unspecified atom stereocenters. The quantitative estimate of drug-likeness (QED) is 0.393. The van der Waals surface area contributed by atoms with E-state index < -0.39 is 17.5 Å². The second kappa shape index (κ2) is 5.52. The molecule has 0 amide bonds. The fourth-order valence-electron chi connectivity index (χ4n) is 1.52. The van der Waals surface area contributed by atoms with Crippen molar-refractivity contribution in [1.29, 1.82) is 0 Å². The van der Waals surface area contributed by atoms with Crippen molar-refractivity contribution in [3.63, 3.8) is 0 Å².